The molecule has 0 amide bonds. The number of allylic oxidation sites excluding steroid dienone is 2. The fraction of sp³-hybridized carbons (Fsp3) is 0.136. The number of nitrogens with zero attached hydrogens (tertiary/aromatic N) is 1. The zero-order valence-corrected chi connectivity index (χ0v) is 15.1. The molecule has 0 bridgehead atoms. The highest BCUT2D eigenvalue weighted by atomic mass is 35.5. The summed E-state index contributed by atoms with van der Waals surface area (Å²) < 4.78 is 2.05. The monoisotopic (exact) mass is 349 g/mol. The van der Waals surface area contributed by atoms with Crippen LogP contribution in [-0.2, 0) is 6.54 Å². The van der Waals surface area contributed by atoms with Crippen LogP contribution in [0, 0.1) is 0 Å². The Hall–Kier alpha value is -2.58. The molecule has 3 heteroatoms. The SMILES string of the molecule is CC(C)=CCn1cc(C(=O)c2ccccc2)c(-c2ccc(Cl)cc2)c1. The van der Waals surface area contributed by atoms with E-state index in [0.29, 0.717) is 16.1 Å². The minimum absolute atomic E-state index is 0.0292. The topological polar surface area (TPSA) is 22.0 Å². The van der Waals surface area contributed by atoms with Crippen LogP contribution in [0.3, 0.4) is 0 Å². The van der Waals surface area contributed by atoms with Crippen LogP contribution >= 0.6 is 11.6 Å². The van der Waals surface area contributed by atoms with E-state index >= 15 is 0 Å². The van der Waals surface area contributed by atoms with Gasteiger partial charge in [0.05, 0.1) is 0 Å². The number of ketones is 1. The maximum atomic E-state index is 13.0. The Balaban J connectivity index is 2.06. The van der Waals surface area contributed by atoms with Crippen molar-refractivity contribution in [3.05, 3.63) is 94.8 Å². The molecule has 2 nitrogen and oxygen atoms in total. The van der Waals surface area contributed by atoms with E-state index in [1.807, 2.05) is 71.6 Å². The Bertz CT molecular complexity index is 901. The zero-order valence-electron chi connectivity index (χ0n) is 14.4. The molecule has 3 aromatic rings. The number of carbonyl (C=O) groups excluding carboxylic acids is 1. The molecular formula is C22H20ClNO. The lowest BCUT2D eigenvalue weighted by atomic mass is 9.98. The van der Waals surface area contributed by atoms with Crippen LogP contribution in [0.25, 0.3) is 11.1 Å². The molecule has 0 aliphatic heterocycles. The van der Waals surface area contributed by atoms with E-state index in [-0.39, 0.29) is 5.78 Å². The second-order valence-electron chi connectivity index (χ2n) is 6.27. The number of hydrogen-bond acceptors (Lipinski definition) is 1. The third-order valence-electron chi connectivity index (χ3n) is 4.03. The molecule has 0 saturated heterocycles. The molecule has 0 unspecified atom stereocenters. The smallest absolute Gasteiger partial charge is 0.195 e. The van der Waals surface area contributed by atoms with Gasteiger partial charge in [0, 0.05) is 40.7 Å². The summed E-state index contributed by atoms with van der Waals surface area (Å²) in [5.74, 6) is 0.0292. The first-order valence-electron chi connectivity index (χ1n) is 8.23. The van der Waals surface area contributed by atoms with Crippen LogP contribution in [0.5, 0.6) is 0 Å². The molecule has 1 aromatic heterocycles. The Morgan fingerprint density at radius 3 is 2.32 bits per heavy atom. The van der Waals surface area contributed by atoms with Crippen molar-refractivity contribution in [1.82, 2.24) is 4.57 Å². The lowest BCUT2D eigenvalue weighted by Crippen LogP contribution is -2.01. The van der Waals surface area contributed by atoms with E-state index in [1.165, 1.54) is 5.57 Å². The zero-order chi connectivity index (χ0) is 17.8. The van der Waals surface area contributed by atoms with Gasteiger partial charge in [-0.25, -0.2) is 0 Å². The fourth-order valence-electron chi connectivity index (χ4n) is 2.69. The van der Waals surface area contributed by atoms with Crippen molar-refractivity contribution in [2.24, 2.45) is 0 Å². The highest BCUT2D eigenvalue weighted by Crippen LogP contribution is 2.28. The van der Waals surface area contributed by atoms with E-state index in [2.05, 4.69) is 19.9 Å². The summed E-state index contributed by atoms with van der Waals surface area (Å²) in [7, 11) is 0. The van der Waals surface area contributed by atoms with E-state index in [0.717, 1.165) is 17.7 Å². The number of benzene rings is 2. The van der Waals surface area contributed by atoms with Gasteiger partial charge in [0.15, 0.2) is 5.78 Å². The second-order valence-corrected chi connectivity index (χ2v) is 6.70. The molecule has 0 fully saturated rings. The molecule has 0 aliphatic carbocycles. The first kappa shape index (κ1) is 17.2. The molecule has 0 spiro atoms. The average molecular weight is 350 g/mol. The quantitative estimate of drug-likeness (QED) is 0.408. The molecule has 0 aliphatic rings. The molecule has 0 radical (unpaired) electrons. The third-order valence-corrected chi connectivity index (χ3v) is 4.28. The van der Waals surface area contributed by atoms with Crippen molar-refractivity contribution >= 4 is 17.4 Å². The number of halogens is 1. The first-order valence-corrected chi connectivity index (χ1v) is 8.61. The van der Waals surface area contributed by atoms with Gasteiger partial charge in [-0.2, -0.15) is 0 Å². The fourth-order valence-corrected chi connectivity index (χ4v) is 2.81. The molecule has 0 N–H and O–H groups in total. The molecule has 1 heterocycles. The highest BCUT2D eigenvalue weighted by molar-refractivity contribution is 6.30. The maximum absolute atomic E-state index is 13.0. The van der Waals surface area contributed by atoms with E-state index in [1.54, 1.807) is 0 Å². The second kappa shape index (κ2) is 7.54. The van der Waals surface area contributed by atoms with Gasteiger partial charge in [-0.3, -0.25) is 4.79 Å². The molecule has 126 valence electrons. The highest BCUT2D eigenvalue weighted by Gasteiger charge is 2.17. The predicted octanol–water partition coefficient (Wildman–Crippen LogP) is 6.01. The summed E-state index contributed by atoms with van der Waals surface area (Å²) in [5, 5.41) is 0.684. The van der Waals surface area contributed by atoms with Crippen molar-refractivity contribution < 1.29 is 4.79 Å². The van der Waals surface area contributed by atoms with Crippen molar-refractivity contribution in [3.8, 4) is 11.1 Å². The van der Waals surface area contributed by atoms with Gasteiger partial charge in [-0.05, 0) is 31.5 Å². The van der Waals surface area contributed by atoms with Crippen LogP contribution < -0.4 is 0 Å². The van der Waals surface area contributed by atoms with Gasteiger partial charge in [0.1, 0.15) is 0 Å². The van der Waals surface area contributed by atoms with Crippen molar-refractivity contribution in [2.75, 3.05) is 0 Å². The van der Waals surface area contributed by atoms with Gasteiger partial charge in [0.2, 0.25) is 0 Å². The molecular weight excluding hydrogens is 330 g/mol. The van der Waals surface area contributed by atoms with Gasteiger partial charge >= 0.3 is 0 Å². The molecule has 0 saturated carbocycles. The summed E-state index contributed by atoms with van der Waals surface area (Å²) in [6.07, 6.45) is 6.10. The van der Waals surface area contributed by atoms with E-state index < -0.39 is 0 Å². The Morgan fingerprint density at radius 1 is 1.00 bits per heavy atom. The molecule has 3 rings (SSSR count). The summed E-state index contributed by atoms with van der Waals surface area (Å²) in [6.45, 7) is 4.88. The van der Waals surface area contributed by atoms with E-state index in [9.17, 15) is 4.79 Å². The lowest BCUT2D eigenvalue weighted by Gasteiger charge is -2.04. The van der Waals surface area contributed by atoms with Crippen molar-refractivity contribution in [2.45, 2.75) is 20.4 Å². The molecule has 2 aromatic carbocycles. The van der Waals surface area contributed by atoms with Crippen LogP contribution in [0.15, 0.2) is 78.6 Å². The lowest BCUT2D eigenvalue weighted by molar-refractivity contribution is 0.103. The first-order chi connectivity index (χ1) is 12.0. The standard InChI is InChI=1S/C22H20ClNO/c1-16(2)12-13-24-14-20(17-8-10-19(23)11-9-17)21(15-24)22(25)18-6-4-3-5-7-18/h3-12,14-15H,13H2,1-2H3. The van der Waals surface area contributed by atoms with Gasteiger partial charge < -0.3 is 4.57 Å². The Morgan fingerprint density at radius 2 is 1.68 bits per heavy atom. The Kier molecular flexibility index (Phi) is 5.20. The number of aromatic nitrogens is 1. The minimum Gasteiger partial charge on any atom is -0.349 e. The summed E-state index contributed by atoms with van der Waals surface area (Å²) >= 11 is 6.01. The van der Waals surface area contributed by atoms with Crippen LogP contribution in [-0.4, -0.2) is 10.4 Å². The van der Waals surface area contributed by atoms with E-state index in [4.69, 9.17) is 11.6 Å². The van der Waals surface area contributed by atoms with Gasteiger partial charge in [-0.1, -0.05) is 65.7 Å². The largest absolute Gasteiger partial charge is 0.349 e. The number of rotatable bonds is 5. The van der Waals surface area contributed by atoms with Gasteiger partial charge in [-0.15, -0.1) is 0 Å². The third kappa shape index (κ3) is 4.09. The summed E-state index contributed by atoms with van der Waals surface area (Å²) in [5.41, 5.74) is 4.55. The molecule has 25 heavy (non-hydrogen) atoms. The summed E-state index contributed by atoms with van der Waals surface area (Å²) in [6, 6.07) is 17.0. The number of hydrogen-bond donors (Lipinski definition) is 0. The number of carbonyl (C=O) groups is 1. The predicted molar refractivity (Wildman–Crippen MR) is 104 cm³/mol. The maximum Gasteiger partial charge on any atom is 0.195 e. The minimum atomic E-state index is 0.0292. The normalized spacial score (nSPS) is 10.5. The van der Waals surface area contributed by atoms with Gasteiger partial charge in [0.25, 0.3) is 0 Å². The van der Waals surface area contributed by atoms with Crippen LogP contribution in [0.1, 0.15) is 29.8 Å². The van der Waals surface area contributed by atoms with Crippen LogP contribution in [0.2, 0.25) is 5.02 Å². The van der Waals surface area contributed by atoms with Crippen LogP contribution in [0.4, 0.5) is 0 Å². The average Bonchev–Trinajstić information content (AvgIpc) is 3.05. The Labute approximate surface area is 153 Å². The van der Waals surface area contributed by atoms with Crippen molar-refractivity contribution in [1.29, 1.82) is 0 Å². The van der Waals surface area contributed by atoms with Crippen molar-refractivity contribution in [3.63, 3.8) is 0 Å². The summed E-state index contributed by atoms with van der Waals surface area (Å²) in [4.78, 5) is 13.0. The molecule has 0 atom stereocenters.